The van der Waals surface area contributed by atoms with Gasteiger partial charge >= 0.3 is 0 Å². The van der Waals surface area contributed by atoms with E-state index in [2.05, 4.69) is 16.7 Å². The summed E-state index contributed by atoms with van der Waals surface area (Å²) in [6, 6.07) is 11.6. The quantitative estimate of drug-likeness (QED) is 0.887. The normalized spacial score (nSPS) is 10.0. The van der Waals surface area contributed by atoms with Crippen LogP contribution in [-0.4, -0.2) is 5.91 Å². The van der Waals surface area contributed by atoms with Gasteiger partial charge in [0.25, 0.3) is 0 Å². The molecule has 0 radical (unpaired) electrons. The van der Waals surface area contributed by atoms with Gasteiger partial charge in [0.05, 0.1) is 17.3 Å². The Morgan fingerprint density at radius 3 is 2.95 bits per heavy atom. The average molecular weight is 285 g/mol. The fraction of sp³-hybridized carbons (Fsp3) is 0.200. The molecule has 0 spiro atoms. The third-order valence-electron chi connectivity index (χ3n) is 2.73. The van der Waals surface area contributed by atoms with Crippen LogP contribution in [0.4, 0.5) is 5.69 Å². The lowest BCUT2D eigenvalue weighted by molar-refractivity contribution is -0.114. The number of amides is 1. The topological polar surface area (TPSA) is 64.9 Å². The standard InChI is InChI=1S/C15H15N3OS/c1-11(19)18-14-5-6-20-15(14)10-17-9-13-4-2-3-12(7-13)8-16/h2-7,17H,9-10H2,1H3,(H,18,19). The third-order valence-corrected chi connectivity index (χ3v) is 3.65. The molecule has 0 aliphatic carbocycles. The summed E-state index contributed by atoms with van der Waals surface area (Å²) in [4.78, 5) is 12.2. The zero-order chi connectivity index (χ0) is 14.4. The first kappa shape index (κ1) is 14.3. The Morgan fingerprint density at radius 2 is 2.20 bits per heavy atom. The Labute approximate surface area is 122 Å². The molecule has 0 bridgehead atoms. The second-order valence-electron chi connectivity index (χ2n) is 4.35. The lowest BCUT2D eigenvalue weighted by atomic mass is 10.1. The van der Waals surface area contributed by atoms with Crippen molar-refractivity contribution in [1.82, 2.24) is 5.32 Å². The van der Waals surface area contributed by atoms with Crippen LogP contribution in [0.3, 0.4) is 0 Å². The lowest BCUT2D eigenvalue weighted by Crippen LogP contribution is -2.14. The van der Waals surface area contributed by atoms with Crippen molar-refractivity contribution >= 4 is 22.9 Å². The van der Waals surface area contributed by atoms with Crippen LogP contribution in [-0.2, 0) is 17.9 Å². The van der Waals surface area contributed by atoms with E-state index in [1.807, 2.05) is 29.6 Å². The van der Waals surface area contributed by atoms with Gasteiger partial charge in [-0.05, 0) is 29.1 Å². The molecular weight excluding hydrogens is 270 g/mol. The van der Waals surface area contributed by atoms with Crippen molar-refractivity contribution in [3.63, 3.8) is 0 Å². The van der Waals surface area contributed by atoms with Crippen molar-refractivity contribution in [2.45, 2.75) is 20.0 Å². The van der Waals surface area contributed by atoms with Gasteiger partial charge in [-0.25, -0.2) is 0 Å². The number of nitrogens with zero attached hydrogens (tertiary/aromatic N) is 1. The first-order valence-corrected chi connectivity index (χ1v) is 7.10. The molecule has 1 heterocycles. The second-order valence-corrected chi connectivity index (χ2v) is 5.36. The van der Waals surface area contributed by atoms with Gasteiger partial charge in [-0.15, -0.1) is 11.3 Å². The summed E-state index contributed by atoms with van der Waals surface area (Å²) in [5.41, 5.74) is 2.60. The summed E-state index contributed by atoms with van der Waals surface area (Å²) in [5, 5.41) is 16.9. The van der Waals surface area contributed by atoms with E-state index in [-0.39, 0.29) is 5.91 Å². The molecule has 1 aromatic carbocycles. The summed E-state index contributed by atoms with van der Waals surface area (Å²) in [7, 11) is 0. The number of benzene rings is 1. The van der Waals surface area contributed by atoms with E-state index < -0.39 is 0 Å². The first-order chi connectivity index (χ1) is 9.69. The third kappa shape index (κ3) is 3.92. The minimum absolute atomic E-state index is 0.0635. The molecule has 0 saturated heterocycles. The minimum atomic E-state index is -0.0635. The fourth-order valence-electron chi connectivity index (χ4n) is 1.85. The van der Waals surface area contributed by atoms with Crippen LogP contribution in [0.5, 0.6) is 0 Å². The molecule has 1 amide bonds. The Bertz CT molecular complexity index is 643. The van der Waals surface area contributed by atoms with Crippen LogP contribution >= 0.6 is 11.3 Å². The van der Waals surface area contributed by atoms with E-state index >= 15 is 0 Å². The van der Waals surface area contributed by atoms with Gasteiger partial charge in [0.2, 0.25) is 5.91 Å². The smallest absolute Gasteiger partial charge is 0.221 e. The number of thiophene rings is 1. The van der Waals surface area contributed by atoms with Gasteiger partial charge < -0.3 is 10.6 Å². The maximum atomic E-state index is 11.1. The van der Waals surface area contributed by atoms with Gasteiger partial charge in [0, 0.05) is 24.9 Å². The van der Waals surface area contributed by atoms with Crippen molar-refractivity contribution in [2.24, 2.45) is 0 Å². The molecular formula is C15H15N3OS. The minimum Gasteiger partial charge on any atom is -0.325 e. The average Bonchev–Trinajstić information content (AvgIpc) is 2.86. The van der Waals surface area contributed by atoms with Crippen LogP contribution in [0, 0.1) is 11.3 Å². The Hall–Kier alpha value is -2.16. The highest BCUT2D eigenvalue weighted by Gasteiger charge is 2.05. The summed E-state index contributed by atoms with van der Waals surface area (Å²) in [5.74, 6) is -0.0635. The molecule has 0 saturated carbocycles. The van der Waals surface area contributed by atoms with E-state index in [9.17, 15) is 4.79 Å². The van der Waals surface area contributed by atoms with Gasteiger partial charge in [-0.2, -0.15) is 5.26 Å². The van der Waals surface area contributed by atoms with E-state index in [1.165, 1.54) is 6.92 Å². The molecule has 0 unspecified atom stereocenters. The van der Waals surface area contributed by atoms with Gasteiger partial charge in [0.15, 0.2) is 0 Å². The van der Waals surface area contributed by atoms with Crippen LogP contribution < -0.4 is 10.6 Å². The molecule has 2 rings (SSSR count). The summed E-state index contributed by atoms with van der Waals surface area (Å²) in [6.07, 6.45) is 0. The summed E-state index contributed by atoms with van der Waals surface area (Å²) >= 11 is 1.60. The maximum Gasteiger partial charge on any atom is 0.221 e. The molecule has 2 N–H and O–H groups in total. The van der Waals surface area contributed by atoms with Crippen LogP contribution in [0.25, 0.3) is 0 Å². The molecule has 5 heteroatoms. The molecule has 1 aromatic heterocycles. The van der Waals surface area contributed by atoms with Gasteiger partial charge in [0.1, 0.15) is 0 Å². The van der Waals surface area contributed by atoms with Crippen molar-refractivity contribution in [3.05, 3.63) is 51.7 Å². The second kappa shape index (κ2) is 6.85. The Balaban J connectivity index is 1.91. The number of carbonyl (C=O) groups excluding carboxylic acids is 1. The van der Waals surface area contributed by atoms with Crippen molar-refractivity contribution < 1.29 is 4.79 Å². The first-order valence-electron chi connectivity index (χ1n) is 6.23. The molecule has 0 aliphatic heterocycles. The number of carbonyl (C=O) groups is 1. The maximum absolute atomic E-state index is 11.1. The highest BCUT2D eigenvalue weighted by molar-refractivity contribution is 7.10. The predicted octanol–water partition coefficient (Wildman–Crippen LogP) is 2.87. The monoisotopic (exact) mass is 285 g/mol. The van der Waals surface area contributed by atoms with E-state index in [0.717, 1.165) is 16.1 Å². The van der Waals surface area contributed by atoms with Crippen molar-refractivity contribution in [2.75, 3.05) is 5.32 Å². The van der Waals surface area contributed by atoms with Crippen LogP contribution in [0.1, 0.15) is 22.9 Å². The van der Waals surface area contributed by atoms with Crippen LogP contribution in [0.2, 0.25) is 0 Å². The molecule has 0 fully saturated rings. The lowest BCUT2D eigenvalue weighted by Gasteiger charge is -2.07. The molecule has 2 aromatic rings. The van der Waals surface area contributed by atoms with Crippen molar-refractivity contribution in [1.29, 1.82) is 5.26 Å². The van der Waals surface area contributed by atoms with Gasteiger partial charge in [-0.3, -0.25) is 4.79 Å². The predicted molar refractivity (Wildman–Crippen MR) is 80.3 cm³/mol. The van der Waals surface area contributed by atoms with E-state index in [0.29, 0.717) is 18.7 Å². The zero-order valence-electron chi connectivity index (χ0n) is 11.1. The largest absolute Gasteiger partial charge is 0.325 e. The van der Waals surface area contributed by atoms with Crippen LogP contribution in [0.15, 0.2) is 35.7 Å². The number of rotatable bonds is 5. The summed E-state index contributed by atoms with van der Waals surface area (Å²) in [6.45, 7) is 2.87. The number of nitrogens with one attached hydrogen (secondary N) is 2. The number of anilines is 1. The molecule has 20 heavy (non-hydrogen) atoms. The number of nitriles is 1. The molecule has 0 aliphatic rings. The van der Waals surface area contributed by atoms with Crippen molar-refractivity contribution in [3.8, 4) is 6.07 Å². The summed E-state index contributed by atoms with van der Waals surface area (Å²) < 4.78 is 0. The fourth-order valence-corrected chi connectivity index (χ4v) is 2.65. The Kier molecular flexibility index (Phi) is 4.88. The van der Waals surface area contributed by atoms with Gasteiger partial charge in [-0.1, -0.05) is 12.1 Å². The highest BCUT2D eigenvalue weighted by Crippen LogP contribution is 2.22. The number of hydrogen-bond acceptors (Lipinski definition) is 4. The molecule has 102 valence electrons. The van der Waals surface area contributed by atoms with E-state index in [4.69, 9.17) is 5.26 Å². The number of hydrogen-bond donors (Lipinski definition) is 2. The molecule has 0 atom stereocenters. The SMILES string of the molecule is CC(=O)Nc1ccsc1CNCc1cccc(C#N)c1. The Morgan fingerprint density at radius 1 is 1.35 bits per heavy atom. The molecule has 4 nitrogen and oxygen atoms in total. The highest BCUT2D eigenvalue weighted by atomic mass is 32.1. The van der Waals surface area contributed by atoms with E-state index in [1.54, 1.807) is 17.4 Å². The zero-order valence-corrected chi connectivity index (χ0v) is 12.0.